The van der Waals surface area contributed by atoms with Gasteiger partial charge in [-0.2, -0.15) is 0 Å². The molecule has 1 aliphatic rings. The molecule has 0 radical (unpaired) electrons. The maximum absolute atomic E-state index is 4.44. The van der Waals surface area contributed by atoms with Crippen LogP contribution in [0.2, 0.25) is 0 Å². The van der Waals surface area contributed by atoms with Crippen LogP contribution in [0.1, 0.15) is 38.2 Å². The van der Waals surface area contributed by atoms with Crippen molar-refractivity contribution in [1.82, 2.24) is 15.6 Å². The highest BCUT2D eigenvalue weighted by atomic mass is 127. The number of halogens is 1. The Labute approximate surface area is 190 Å². The molecule has 2 N–H and O–H groups in total. The Kier molecular flexibility index (Phi) is 9.50. The summed E-state index contributed by atoms with van der Waals surface area (Å²) in [4.78, 5) is 11.2. The summed E-state index contributed by atoms with van der Waals surface area (Å²) >= 11 is 1.83. The molecular formula is C21H32IN5S. The molecule has 7 heteroatoms. The molecule has 3 heterocycles. The molecule has 0 amide bonds. The van der Waals surface area contributed by atoms with Crippen molar-refractivity contribution in [3.63, 3.8) is 0 Å². The molecule has 2 aromatic heterocycles. The van der Waals surface area contributed by atoms with Crippen LogP contribution in [0.3, 0.4) is 0 Å². The van der Waals surface area contributed by atoms with E-state index in [1.54, 1.807) is 0 Å². The first-order valence-electron chi connectivity index (χ1n) is 9.83. The highest BCUT2D eigenvalue weighted by Gasteiger charge is 2.21. The number of piperidine rings is 1. The molecule has 0 saturated carbocycles. The standard InChI is InChI=1S/C21H31N5S.HI/c1-16(2)19(17-6-4-10-23-14-17)15-24-21(22-3)25-18-8-11-26(12-9-18)20-7-5-13-27-20;/h4-7,10,13-14,16,18-19H,8-9,11-12,15H2,1-3H3,(H2,22,24,25);1H. The molecule has 1 aliphatic heterocycles. The van der Waals surface area contributed by atoms with Crippen molar-refractivity contribution in [2.24, 2.45) is 10.9 Å². The lowest BCUT2D eigenvalue weighted by atomic mass is 9.89. The van der Waals surface area contributed by atoms with E-state index in [2.05, 4.69) is 62.9 Å². The molecule has 0 spiro atoms. The third-order valence-corrected chi connectivity index (χ3v) is 6.21. The van der Waals surface area contributed by atoms with Crippen LogP contribution >= 0.6 is 35.3 Å². The topological polar surface area (TPSA) is 52.6 Å². The molecule has 28 heavy (non-hydrogen) atoms. The number of aliphatic imine (C=N–C) groups is 1. The summed E-state index contributed by atoms with van der Waals surface area (Å²) in [5, 5.41) is 10.7. The van der Waals surface area contributed by atoms with Crippen LogP contribution in [-0.4, -0.2) is 43.7 Å². The number of pyridine rings is 1. The molecule has 0 bridgehead atoms. The number of aromatic nitrogens is 1. The van der Waals surface area contributed by atoms with E-state index in [9.17, 15) is 0 Å². The molecule has 2 aromatic rings. The van der Waals surface area contributed by atoms with Crippen LogP contribution < -0.4 is 15.5 Å². The van der Waals surface area contributed by atoms with Crippen LogP contribution in [0.5, 0.6) is 0 Å². The summed E-state index contributed by atoms with van der Waals surface area (Å²) in [5.41, 5.74) is 1.28. The average molecular weight is 513 g/mol. The fourth-order valence-electron chi connectivity index (χ4n) is 3.62. The normalized spacial score (nSPS) is 16.6. The zero-order valence-electron chi connectivity index (χ0n) is 17.0. The van der Waals surface area contributed by atoms with Gasteiger partial charge in [0.2, 0.25) is 0 Å². The number of thiophene rings is 1. The number of hydrogen-bond acceptors (Lipinski definition) is 4. The number of hydrogen-bond donors (Lipinski definition) is 2. The van der Waals surface area contributed by atoms with Gasteiger partial charge in [-0.1, -0.05) is 19.9 Å². The SMILES string of the molecule is CN=C(NCC(c1cccnc1)C(C)C)NC1CCN(c2cccs2)CC1.I. The third kappa shape index (κ3) is 6.34. The Hall–Kier alpha value is -1.35. The van der Waals surface area contributed by atoms with Crippen molar-refractivity contribution >= 4 is 46.3 Å². The van der Waals surface area contributed by atoms with Crippen LogP contribution in [-0.2, 0) is 0 Å². The minimum atomic E-state index is 0. The van der Waals surface area contributed by atoms with E-state index in [0.29, 0.717) is 17.9 Å². The summed E-state index contributed by atoms with van der Waals surface area (Å²) in [7, 11) is 1.85. The van der Waals surface area contributed by atoms with Gasteiger partial charge < -0.3 is 15.5 Å². The quantitative estimate of drug-likeness (QED) is 0.343. The molecule has 0 aromatic carbocycles. The summed E-state index contributed by atoms with van der Waals surface area (Å²) < 4.78 is 0. The lowest BCUT2D eigenvalue weighted by molar-refractivity contribution is 0.454. The zero-order chi connectivity index (χ0) is 19.1. The van der Waals surface area contributed by atoms with E-state index in [0.717, 1.165) is 38.4 Å². The second-order valence-electron chi connectivity index (χ2n) is 7.45. The van der Waals surface area contributed by atoms with Gasteiger partial charge in [0.25, 0.3) is 0 Å². The van der Waals surface area contributed by atoms with Gasteiger partial charge in [0.15, 0.2) is 5.96 Å². The largest absolute Gasteiger partial charge is 0.363 e. The molecule has 1 saturated heterocycles. The number of rotatable bonds is 6. The molecule has 1 unspecified atom stereocenters. The first-order valence-corrected chi connectivity index (χ1v) is 10.7. The van der Waals surface area contributed by atoms with Gasteiger partial charge in [0.05, 0.1) is 5.00 Å². The minimum absolute atomic E-state index is 0. The van der Waals surface area contributed by atoms with Gasteiger partial charge in [-0.25, -0.2) is 0 Å². The maximum Gasteiger partial charge on any atom is 0.191 e. The summed E-state index contributed by atoms with van der Waals surface area (Å²) in [6, 6.07) is 8.99. The lowest BCUT2D eigenvalue weighted by Crippen LogP contribution is -2.49. The van der Waals surface area contributed by atoms with E-state index < -0.39 is 0 Å². The van der Waals surface area contributed by atoms with Gasteiger partial charge in [-0.15, -0.1) is 35.3 Å². The van der Waals surface area contributed by atoms with Crippen LogP contribution in [0.15, 0.2) is 47.0 Å². The molecule has 0 aliphatic carbocycles. The van der Waals surface area contributed by atoms with E-state index in [1.807, 2.05) is 36.8 Å². The number of nitrogens with one attached hydrogen (secondary N) is 2. The van der Waals surface area contributed by atoms with E-state index >= 15 is 0 Å². The molecule has 5 nitrogen and oxygen atoms in total. The van der Waals surface area contributed by atoms with Crippen LogP contribution in [0.25, 0.3) is 0 Å². The van der Waals surface area contributed by atoms with Crippen LogP contribution in [0.4, 0.5) is 5.00 Å². The van der Waals surface area contributed by atoms with Crippen molar-refractivity contribution in [2.45, 2.75) is 38.6 Å². The molecule has 1 atom stereocenters. The number of anilines is 1. The lowest BCUT2D eigenvalue weighted by Gasteiger charge is -2.34. The van der Waals surface area contributed by atoms with Gasteiger partial charge in [-0.3, -0.25) is 9.98 Å². The number of guanidine groups is 1. The smallest absolute Gasteiger partial charge is 0.191 e. The Morgan fingerprint density at radius 3 is 2.64 bits per heavy atom. The van der Waals surface area contributed by atoms with Crippen molar-refractivity contribution in [3.05, 3.63) is 47.6 Å². The van der Waals surface area contributed by atoms with Crippen LogP contribution in [0, 0.1) is 5.92 Å². The zero-order valence-corrected chi connectivity index (χ0v) is 20.1. The molecule has 154 valence electrons. The van der Waals surface area contributed by atoms with Crippen molar-refractivity contribution in [2.75, 3.05) is 31.6 Å². The third-order valence-electron chi connectivity index (χ3n) is 5.28. The van der Waals surface area contributed by atoms with Gasteiger partial charge in [0, 0.05) is 51.0 Å². The Morgan fingerprint density at radius 1 is 1.29 bits per heavy atom. The highest BCUT2D eigenvalue weighted by Crippen LogP contribution is 2.25. The second-order valence-corrected chi connectivity index (χ2v) is 8.37. The maximum atomic E-state index is 4.44. The first kappa shape index (κ1) is 22.9. The second kappa shape index (κ2) is 11.6. The van der Waals surface area contributed by atoms with E-state index in [-0.39, 0.29) is 24.0 Å². The molecular weight excluding hydrogens is 481 g/mol. The Balaban J connectivity index is 0.00000280. The average Bonchev–Trinajstić information content (AvgIpc) is 3.23. The Morgan fingerprint density at radius 2 is 2.07 bits per heavy atom. The number of nitrogens with zero attached hydrogens (tertiary/aromatic N) is 3. The fourth-order valence-corrected chi connectivity index (χ4v) is 4.41. The van der Waals surface area contributed by atoms with Crippen molar-refractivity contribution < 1.29 is 0 Å². The molecule has 3 rings (SSSR count). The Bertz CT molecular complexity index is 697. The van der Waals surface area contributed by atoms with Gasteiger partial charge in [-0.05, 0) is 47.9 Å². The minimum Gasteiger partial charge on any atom is -0.363 e. The highest BCUT2D eigenvalue weighted by molar-refractivity contribution is 14.0. The van der Waals surface area contributed by atoms with E-state index in [4.69, 9.17) is 0 Å². The first-order chi connectivity index (χ1) is 13.2. The monoisotopic (exact) mass is 513 g/mol. The van der Waals surface area contributed by atoms with Gasteiger partial charge >= 0.3 is 0 Å². The van der Waals surface area contributed by atoms with Crippen molar-refractivity contribution in [3.8, 4) is 0 Å². The summed E-state index contributed by atoms with van der Waals surface area (Å²) in [6.07, 6.45) is 6.07. The predicted octanol–water partition coefficient (Wildman–Crippen LogP) is 4.33. The fraction of sp³-hybridized carbons (Fsp3) is 0.524. The molecule has 1 fully saturated rings. The van der Waals surface area contributed by atoms with Gasteiger partial charge in [0.1, 0.15) is 0 Å². The summed E-state index contributed by atoms with van der Waals surface area (Å²) in [6.45, 7) is 7.57. The van der Waals surface area contributed by atoms with Crippen molar-refractivity contribution in [1.29, 1.82) is 0 Å². The summed E-state index contributed by atoms with van der Waals surface area (Å²) in [5.74, 6) is 1.85. The predicted molar refractivity (Wildman–Crippen MR) is 131 cm³/mol. The van der Waals surface area contributed by atoms with E-state index in [1.165, 1.54) is 10.6 Å².